The molecule has 7 nitrogen and oxygen atoms in total. The van der Waals surface area contributed by atoms with E-state index >= 15 is 0 Å². The lowest BCUT2D eigenvalue weighted by atomic mass is 9.83. The fourth-order valence-electron chi connectivity index (χ4n) is 2.64. The second kappa shape index (κ2) is 12.9. The predicted molar refractivity (Wildman–Crippen MR) is 104 cm³/mol. The number of nitrogens with zero attached hydrogens (tertiary/aromatic N) is 2. The van der Waals surface area contributed by atoms with Crippen molar-refractivity contribution in [3.8, 4) is 5.75 Å². The fraction of sp³-hybridized carbons (Fsp3) is 0.500. The van der Waals surface area contributed by atoms with Gasteiger partial charge >= 0.3 is 0 Å². The third kappa shape index (κ3) is 7.40. The van der Waals surface area contributed by atoms with Crippen molar-refractivity contribution in [2.75, 3.05) is 14.2 Å². The first-order chi connectivity index (χ1) is 13.2. The summed E-state index contributed by atoms with van der Waals surface area (Å²) >= 11 is 0. The Hall–Kier alpha value is -2.38. The monoisotopic (exact) mass is 378 g/mol. The number of hydrogen-bond donors (Lipinski definition) is 1. The Kier molecular flexibility index (Phi) is 10.8. The van der Waals surface area contributed by atoms with Gasteiger partial charge in [0.25, 0.3) is 6.47 Å². The van der Waals surface area contributed by atoms with Gasteiger partial charge in [-0.1, -0.05) is 20.3 Å². The van der Waals surface area contributed by atoms with Gasteiger partial charge in [0.15, 0.2) is 5.69 Å². The van der Waals surface area contributed by atoms with Gasteiger partial charge in [0.2, 0.25) is 0 Å². The first-order valence-electron chi connectivity index (χ1n) is 9.26. The van der Waals surface area contributed by atoms with E-state index in [-0.39, 0.29) is 6.61 Å². The van der Waals surface area contributed by atoms with Crippen LogP contribution in [0, 0.1) is 0 Å². The van der Waals surface area contributed by atoms with Crippen LogP contribution in [0.25, 0.3) is 0 Å². The van der Waals surface area contributed by atoms with Gasteiger partial charge in [0, 0.05) is 30.8 Å². The molecule has 1 fully saturated rings. The van der Waals surface area contributed by atoms with Gasteiger partial charge in [-0.25, -0.2) is 4.84 Å². The van der Waals surface area contributed by atoms with Crippen LogP contribution in [0.15, 0.2) is 30.3 Å². The minimum Gasteiger partial charge on any atom is -0.497 e. The molecule has 0 saturated heterocycles. The van der Waals surface area contributed by atoms with Crippen molar-refractivity contribution < 1.29 is 24.6 Å². The highest BCUT2D eigenvalue weighted by molar-refractivity contribution is 5.37. The molecule has 1 heterocycles. The molecule has 0 amide bonds. The minimum atomic E-state index is 0.282. The normalized spacial score (nSPS) is 12.6. The van der Waals surface area contributed by atoms with Crippen molar-refractivity contribution in [3.05, 3.63) is 41.7 Å². The number of aromatic nitrogens is 2. The Balaban J connectivity index is 0.000000254. The van der Waals surface area contributed by atoms with Crippen LogP contribution in [-0.4, -0.2) is 30.5 Å². The number of aryl methyl sites for hydroxylation is 1. The Bertz CT molecular complexity index is 652. The summed E-state index contributed by atoms with van der Waals surface area (Å²) < 4.78 is 11.6. The van der Waals surface area contributed by atoms with Crippen molar-refractivity contribution in [1.82, 2.24) is 9.78 Å². The first kappa shape index (κ1) is 22.7. The fourth-order valence-corrected chi connectivity index (χ4v) is 2.64. The van der Waals surface area contributed by atoms with E-state index in [1.165, 1.54) is 25.0 Å². The Morgan fingerprint density at radius 1 is 1.22 bits per heavy atom. The van der Waals surface area contributed by atoms with Crippen LogP contribution >= 0.6 is 0 Å². The van der Waals surface area contributed by atoms with E-state index in [9.17, 15) is 4.79 Å². The number of ether oxygens (including phenoxy) is 2. The smallest absolute Gasteiger partial charge is 0.293 e. The SMILES string of the molecule is CC.CO[NH2+]c1ccc(OC)cc1.Cn1nc(COC=O)cc1C1CCC1. The molecule has 3 rings (SSSR count). The lowest BCUT2D eigenvalue weighted by Gasteiger charge is -2.25. The number of hydrogen-bond acceptors (Lipinski definition) is 5. The number of carbonyl (C=O) groups excluding carboxylic acids is 1. The van der Waals surface area contributed by atoms with Crippen LogP contribution in [0.3, 0.4) is 0 Å². The van der Waals surface area contributed by atoms with E-state index < -0.39 is 0 Å². The van der Waals surface area contributed by atoms with Crippen LogP contribution < -0.4 is 10.2 Å². The zero-order valence-electron chi connectivity index (χ0n) is 17.0. The molecule has 1 aliphatic rings. The molecule has 1 aliphatic carbocycles. The molecule has 0 unspecified atom stereocenters. The van der Waals surface area contributed by atoms with Gasteiger partial charge in [-0.05, 0) is 31.0 Å². The maximum atomic E-state index is 10.0. The molecular weight excluding hydrogens is 346 g/mol. The zero-order chi connectivity index (χ0) is 20.1. The summed E-state index contributed by atoms with van der Waals surface area (Å²) in [6, 6.07) is 9.69. The van der Waals surface area contributed by atoms with Crippen molar-refractivity contribution in [2.24, 2.45) is 7.05 Å². The van der Waals surface area contributed by atoms with Crippen LogP contribution in [0.2, 0.25) is 0 Å². The van der Waals surface area contributed by atoms with Gasteiger partial charge in [-0.15, -0.1) is 0 Å². The molecule has 2 aromatic rings. The van der Waals surface area contributed by atoms with Crippen LogP contribution in [0.5, 0.6) is 5.75 Å². The first-order valence-corrected chi connectivity index (χ1v) is 9.26. The molecule has 1 saturated carbocycles. The van der Waals surface area contributed by atoms with Crippen LogP contribution in [-0.2, 0) is 28.0 Å². The molecule has 0 atom stereocenters. The lowest BCUT2D eigenvalue weighted by Crippen LogP contribution is -2.75. The summed E-state index contributed by atoms with van der Waals surface area (Å²) in [7, 11) is 5.22. The third-order valence-electron chi connectivity index (χ3n) is 4.16. The summed E-state index contributed by atoms with van der Waals surface area (Å²) in [5, 5.41) is 4.28. The van der Waals surface area contributed by atoms with Crippen LogP contribution in [0.1, 0.15) is 50.4 Å². The van der Waals surface area contributed by atoms with E-state index in [4.69, 9.17) is 9.57 Å². The summed E-state index contributed by atoms with van der Waals surface area (Å²) in [6.45, 7) is 4.74. The number of carbonyl (C=O) groups is 1. The Morgan fingerprint density at radius 2 is 1.89 bits per heavy atom. The van der Waals surface area contributed by atoms with Crippen molar-refractivity contribution >= 4 is 12.2 Å². The quantitative estimate of drug-likeness (QED) is 0.455. The molecule has 0 radical (unpaired) electrons. The zero-order valence-corrected chi connectivity index (χ0v) is 17.0. The van der Waals surface area contributed by atoms with Gasteiger partial charge in [-0.2, -0.15) is 10.6 Å². The molecule has 27 heavy (non-hydrogen) atoms. The molecule has 7 heteroatoms. The van der Waals surface area contributed by atoms with Gasteiger partial charge in [0.05, 0.1) is 14.2 Å². The lowest BCUT2D eigenvalue weighted by molar-refractivity contribution is -0.830. The van der Waals surface area contributed by atoms with Crippen molar-refractivity contribution in [3.63, 3.8) is 0 Å². The van der Waals surface area contributed by atoms with E-state index in [0.29, 0.717) is 12.4 Å². The second-order valence-corrected chi connectivity index (χ2v) is 5.85. The number of benzene rings is 1. The Labute approximate surface area is 161 Å². The highest BCUT2D eigenvalue weighted by atomic mass is 16.6. The minimum absolute atomic E-state index is 0.282. The van der Waals surface area contributed by atoms with Gasteiger partial charge in [0.1, 0.15) is 18.1 Å². The van der Waals surface area contributed by atoms with Crippen molar-refractivity contribution in [2.45, 2.75) is 45.6 Å². The third-order valence-corrected chi connectivity index (χ3v) is 4.16. The number of nitrogens with two attached hydrogens (primary N) is 1. The maximum Gasteiger partial charge on any atom is 0.293 e. The van der Waals surface area contributed by atoms with E-state index in [2.05, 4.69) is 9.84 Å². The number of methoxy groups -OCH3 is 1. The molecule has 0 aliphatic heterocycles. The number of rotatable bonds is 7. The summed E-state index contributed by atoms with van der Waals surface area (Å²) in [5.41, 5.74) is 4.81. The molecule has 2 N–H and O–H groups in total. The largest absolute Gasteiger partial charge is 0.497 e. The average Bonchev–Trinajstić information content (AvgIpc) is 3.02. The highest BCUT2D eigenvalue weighted by Gasteiger charge is 2.23. The average molecular weight is 378 g/mol. The molecule has 0 bridgehead atoms. The number of quaternary nitrogens is 1. The van der Waals surface area contributed by atoms with E-state index in [1.807, 2.05) is 55.9 Å². The van der Waals surface area contributed by atoms with Gasteiger partial charge < -0.3 is 9.47 Å². The molecule has 0 spiro atoms. The maximum absolute atomic E-state index is 10.0. The highest BCUT2D eigenvalue weighted by Crippen LogP contribution is 2.36. The summed E-state index contributed by atoms with van der Waals surface area (Å²) in [4.78, 5) is 14.8. The molecule has 1 aromatic heterocycles. The molecular formula is C20H32N3O4+. The van der Waals surface area contributed by atoms with Gasteiger partial charge in [-0.3, -0.25) is 9.48 Å². The second-order valence-electron chi connectivity index (χ2n) is 5.85. The van der Waals surface area contributed by atoms with Crippen LogP contribution in [0.4, 0.5) is 5.69 Å². The molecule has 150 valence electrons. The Morgan fingerprint density at radius 3 is 2.37 bits per heavy atom. The summed E-state index contributed by atoms with van der Waals surface area (Å²) in [5.74, 6) is 1.52. The predicted octanol–water partition coefficient (Wildman–Crippen LogP) is 2.84. The van der Waals surface area contributed by atoms with Crippen molar-refractivity contribution in [1.29, 1.82) is 0 Å². The molecule has 1 aromatic carbocycles. The van der Waals surface area contributed by atoms with E-state index in [1.54, 1.807) is 19.7 Å². The summed E-state index contributed by atoms with van der Waals surface area (Å²) in [6.07, 6.45) is 3.83. The topological polar surface area (TPSA) is 79.2 Å². The van der Waals surface area contributed by atoms with E-state index in [0.717, 1.165) is 17.1 Å². The standard InChI is InChI=1S/C10H14N2O2.C8H11NO2.C2H6/c1-12-10(8-3-2-4-8)5-9(11-12)6-14-7-13;1-10-8-5-3-7(4-6-8)9-11-2;1-2/h5,7-8H,2-4,6H2,1H3;3-6,9H,1-2H3;1-2H3/p+1.